The maximum Gasteiger partial charge on any atom is 0.426 e. The largest absolute Gasteiger partial charge is 0.465 e. The van der Waals surface area contributed by atoms with Crippen molar-refractivity contribution in [2.45, 2.75) is 82.2 Å². The first-order valence-corrected chi connectivity index (χ1v) is 8.51. The van der Waals surface area contributed by atoms with Crippen molar-refractivity contribution in [3.05, 3.63) is 0 Å². The molecule has 1 rings (SSSR count). The molecule has 0 amide bonds. The fraction of sp³-hybridized carbons (Fsp3) is 0.938. The second kappa shape index (κ2) is 9.09. The van der Waals surface area contributed by atoms with Crippen LogP contribution < -0.4 is 0 Å². The average Bonchev–Trinajstić information content (AvgIpc) is 2.52. The van der Waals surface area contributed by atoms with E-state index in [0.29, 0.717) is 12.8 Å². The molecule has 0 aromatic carbocycles. The van der Waals surface area contributed by atoms with Crippen LogP contribution in [-0.2, 0) is 9.53 Å². The minimum atomic E-state index is -5.76. The molecule has 25 heavy (non-hydrogen) atoms. The number of esters is 1. The van der Waals surface area contributed by atoms with Crippen molar-refractivity contribution in [3.8, 4) is 0 Å². The zero-order chi connectivity index (χ0) is 19.1. The van der Waals surface area contributed by atoms with E-state index >= 15 is 0 Å². The van der Waals surface area contributed by atoms with Crippen LogP contribution in [0.15, 0.2) is 0 Å². The first-order chi connectivity index (χ1) is 11.5. The van der Waals surface area contributed by atoms with E-state index in [-0.39, 0.29) is 24.9 Å². The minimum Gasteiger partial charge on any atom is -0.465 e. The fourth-order valence-corrected chi connectivity index (χ4v) is 2.91. The molecule has 0 spiro atoms. The number of rotatable bonds is 8. The van der Waals surface area contributed by atoms with E-state index in [1.165, 1.54) is 0 Å². The molecule has 1 aliphatic rings. The van der Waals surface area contributed by atoms with Gasteiger partial charge in [-0.2, -0.15) is 26.3 Å². The highest BCUT2D eigenvalue weighted by molar-refractivity contribution is 5.72. The Bertz CT molecular complexity index is 399. The van der Waals surface area contributed by atoms with Crippen molar-refractivity contribution >= 4 is 5.97 Å². The lowest BCUT2D eigenvalue weighted by atomic mass is 9.89. The molecular weight excluding hydrogens is 354 g/mol. The summed E-state index contributed by atoms with van der Waals surface area (Å²) in [7, 11) is 0. The third-order valence-electron chi connectivity index (χ3n) is 4.55. The van der Waals surface area contributed by atoms with Gasteiger partial charge in [0, 0.05) is 0 Å². The molecule has 0 atom stereocenters. The number of hydrogen-bond acceptors (Lipinski definition) is 3. The van der Waals surface area contributed by atoms with Gasteiger partial charge in [0.05, 0.1) is 12.5 Å². The molecule has 3 nitrogen and oxygen atoms in total. The van der Waals surface area contributed by atoms with E-state index in [2.05, 4.69) is 0 Å². The summed E-state index contributed by atoms with van der Waals surface area (Å²) in [5.41, 5.74) is -4.67. The zero-order valence-corrected chi connectivity index (χ0v) is 13.9. The number of aliphatic hydroxyl groups is 1. The van der Waals surface area contributed by atoms with Gasteiger partial charge in [0.25, 0.3) is 5.60 Å². The van der Waals surface area contributed by atoms with Crippen LogP contribution in [0.1, 0.15) is 64.2 Å². The Hall–Kier alpha value is -0.990. The predicted molar refractivity (Wildman–Crippen MR) is 77.7 cm³/mol. The lowest BCUT2D eigenvalue weighted by Gasteiger charge is -2.32. The van der Waals surface area contributed by atoms with Gasteiger partial charge < -0.3 is 9.84 Å². The highest BCUT2D eigenvalue weighted by Gasteiger charge is 2.69. The van der Waals surface area contributed by atoms with Crippen molar-refractivity contribution < 1.29 is 41.0 Å². The Morgan fingerprint density at radius 1 is 0.880 bits per heavy atom. The van der Waals surface area contributed by atoms with Crippen molar-refractivity contribution in [2.75, 3.05) is 6.61 Å². The van der Waals surface area contributed by atoms with Crippen LogP contribution >= 0.6 is 0 Å². The minimum absolute atomic E-state index is 0.0788. The summed E-state index contributed by atoms with van der Waals surface area (Å²) in [6, 6.07) is 0. The summed E-state index contributed by atoms with van der Waals surface area (Å²) in [6.45, 7) is 0.109. The van der Waals surface area contributed by atoms with Gasteiger partial charge >= 0.3 is 18.3 Å². The van der Waals surface area contributed by atoms with E-state index in [1.54, 1.807) is 0 Å². The summed E-state index contributed by atoms with van der Waals surface area (Å²) in [5, 5.41) is 8.98. The number of hydrogen-bond donors (Lipinski definition) is 1. The van der Waals surface area contributed by atoms with Crippen molar-refractivity contribution in [1.29, 1.82) is 0 Å². The first kappa shape index (κ1) is 22.1. The van der Waals surface area contributed by atoms with Crippen LogP contribution in [0.2, 0.25) is 0 Å². The normalized spacial score (nSPS) is 17.6. The molecule has 0 saturated heterocycles. The van der Waals surface area contributed by atoms with E-state index in [0.717, 1.165) is 32.1 Å². The van der Waals surface area contributed by atoms with Crippen LogP contribution in [-0.4, -0.2) is 35.6 Å². The van der Waals surface area contributed by atoms with E-state index < -0.39 is 30.8 Å². The molecule has 0 aromatic rings. The third kappa shape index (κ3) is 6.34. The Labute approximate surface area is 142 Å². The smallest absolute Gasteiger partial charge is 0.426 e. The van der Waals surface area contributed by atoms with Gasteiger partial charge in [-0.1, -0.05) is 32.1 Å². The highest BCUT2D eigenvalue weighted by Crippen LogP contribution is 2.46. The number of alkyl halides is 6. The topological polar surface area (TPSA) is 46.5 Å². The van der Waals surface area contributed by atoms with Crippen LogP contribution in [0, 0.1) is 5.92 Å². The number of carbonyl (C=O) groups is 1. The maximum absolute atomic E-state index is 12.5. The average molecular weight is 378 g/mol. The second-order valence-corrected chi connectivity index (χ2v) is 6.52. The molecule has 0 heterocycles. The van der Waals surface area contributed by atoms with Gasteiger partial charge in [-0.05, 0) is 32.1 Å². The van der Waals surface area contributed by atoms with Crippen molar-refractivity contribution in [2.24, 2.45) is 5.92 Å². The summed E-state index contributed by atoms with van der Waals surface area (Å²) in [6.07, 6.45) is -7.93. The van der Waals surface area contributed by atoms with Gasteiger partial charge in [0.1, 0.15) is 0 Å². The number of ether oxygens (including phenoxy) is 1. The molecule has 1 N–H and O–H groups in total. The molecular formula is C16H24F6O3. The van der Waals surface area contributed by atoms with Crippen LogP contribution in [0.4, 0.5) is 26.3 Å². The predicted octanol–water partition coefficient (Wildman–Crippen LogP) is 4.92. The summed E-state index contributed by atoms with van der Waals surface area (Å²) in [5.74, 6) is -0.370. The van der Waals surface area contributed by atoms with E-state index in [4.69, 9.17) is 9.84 Å². The molecule has 148 valence electrons. The van der Waals surface area contributed by atoms with Crippen molar-refractivity contribution in [3.63, 3.8) is 0 Å². The van der Waals surface area contributed by atoms with Gasteiger partial charge in [-0.25, -0.2) is 0 Å². The summed E-state index contributed by atoms with van der Waals surface area (Å²) >= 11 is 0. The van der Waals surface area contributed by atoms with Crippen molar-refractivity contribution in [1.82, 2.24) is 0 Å². The zero-order valence-electron chi connectivity index (χ0n) is 13.9. The van der Waals surface area contributed by atoms with E-state index in [9.17, 15) is 31.1 Å². The Kier molecular flexibility index (Phi) is 8.02. The monoisotopic (exact) mass is 378 g/mol. The standard InChI is InChI=1S/C16H24F6O3/c17-15(18,19)14(24,16(20,21)22)10-6-1-2-7-11-25-13(23)12-8-4-3-5-9-12/h12,24H,1-11H2. The van der Waals surface area contributed by atoms with Crippen LogP contribution in [0.5, 0.6) is 0 Å². The molecule has 0 unspecified atom stereocenters. The summed E-state index contributed by atoms with van der Waals surface area (Å²) < 4.78 is 79.9. The lowest BCUT2D eigenvalue weighted by molar-refractivity contribution is -0.370. The third-order valence-corrected chi connectivity index (χ3v) is 4.55. The number of unbranched alkanes of at least 4 members (excludes halogenated alkanes) is 3. The fourth-order valence-electron chi connectivity index (χ4n) is 2.91. The maximum atomic E-state index is 12.5. The summed E-state index contributed by atoms with van der Waals surface area (Å²) in [4.78, 5) is 11.7. The molecule has 0 aromatic heterocycles. The Morgan fingerprint density at radius 3 is 1.92 bits per heavy atom. The molecule has 9 heteroatoms. The van der Waals surface area contributed by atoms with Gasteiger partial charge in [0.15, 0.2) is 0 Å². The Morgan fingerprint density at radius 2 is 1.40 bits per heavy atom. The first-order valence-electron chi connectivity index (χ1n) is 8.51. The van der Waals surface area contributed by atoms with Crippen LogP contribution in [0.25, 0.3) is 0 Å². The van der Waals surface area contributed by atoms with E-state index in [1.807, 2.05) is 0 Å². The second-order valence-electron chi connectivity index (χ2n) is 6.52. The number of carbonyl (C=O) groups excluding carboxylic acids is 1. The van der Waals surface area contributed by atoms with Gasteiger partial charge in [-0.15, -0.1) is 0 Å². The molecule has 0 bridgehead atoms. The molecule has 1 aliphatic carbocycles. The Balaban J connectivity index is 2.21. The SMILES string of the molecule is O=C(OCCCCCCC(O)(C(F)(F)F)C(F)(F)F)C1CCCCC1. The van der Waals surface area contributed by atoms with Gasteiger partial charge in [-0.3, -0.25) is 4.79 Å². The van der Waals surface area contributed by atoms with Crippen LogP contribution in [0.3, 0.4) is 0 Å². The number of halogens is 6. The molecule has 1 saturated carbocycles. The molecule has 0 radical (unpaired) electrons. The molecule has 0 aliphatic heterocycles. The molecule has 1 fully saturated rings. The van der Waals surface area contributed by atoms with Gasteiger partial charge in [0.2, 0.25) is 0 Å². The highest BCUT2D eigenvalue weighted by atomic mass is 19.4. The lowest BCUT2D eigenvalue weighted by Crippen LogP contribution is -2.56. The quantitative estimate of drug-likeness (QED) is 0.371.